The number of aromatic hydroxyl groups is 1. The quantitative estimate of drug-likeness (QED) is 0.829. The predicted molar refractivity (Wildman–Crippen MR) is 89.8 cm³/mol. The molecule has 0 bridgehead atoms. The molecule has 126 valence electrons. The van der Waals surface area contributed by atoms with Gasteiger partial charge < -0.3 is 14.7 Å². The highest BCUT2D eigenvalue weighted by atomic mass is 32.2. The van der Waals surface area contributed by atoms with Gasteiger partial charge in [-0.3, -0.25) is 4.55 Å². The van der Waals surface area contributed by atoms with Gasteiger partial charge in [-0.05, 0) is 48.5 Å². The first-order valence-corrected chi connectivity index (χ1v) is 8.76. The van der Waals surface area contributed by atoms with Crippen molar-refractivity contribution in [2.24, 2.45) is 0 Å². The summed E-state index contributed by atoms with van der Waals surface area (Å²) in [7, 11) is -2.28. The summed E-state index contributed by atoms with van der Waals surface area (Å²) < 4.78 is 37.2. The number of phenolic OH excluding ortho intramolecular Hbond substituents is 1. The first-order valence-electron chi connectivity index (χ1n) is 7.32. The zero-order valence-corrected chi connectivity index (χ0v) is 13.8. The van der Waals surface area contributed by atoms with Crippen LogP contribution in [0.3, 0.4) is 0 Å². The van der Waals surface area contributed by atoms with Crippen molar-refractivity contribution >= 4 is 21.6 Å². The van der Waals surface area contributed by atoms with Crippen LogP contribution in [-0.2, 0) is 14.9 Å². The molecule has 2 aromatic rings. The molecule has 0 aromatic heterocycles. The summed E-state index contributed by atoms with van der Waals surface area (Å²) in [5.41, 5.74) is 2.43. The van der Waals surface area contributed by atoms with Crippen molar-refractivity contribution in [2.45, 2.75) is 4.90 Å². The van der Waals surface area contributed by atoms with Crippen molar-refractivity contribution in [1.82, 2.24) is 4.90 Å². The maximum Gasteiger partial charge on any atom is 0.294 e. The molecule has 7 heteroatoms. The minimum Gasteiger partial charge on any atom is -0.508 e. The number of ether oxygens (including phenoxy) is 1. The summed E-state index contributed by atoms with van der Waals surface area (Å²) >= 11 is 0. The fraction of sp³-hybridized carbons (Fsp3) is 0.176. The molecule has 3 rings (SSSR count). The molecule has 1 aliphatic heterocycles. The molecule has 0 fully saturated rings. The third kappa shape index (κ3) is 3.22. The van der Waals surface area contributed by atoms with E-state index in [9.17, 15) is 13.5 Å². The van der Waals surface area contributed by atoms with Gasteiger partial charge in [-0.1, -0.05) is 0 Å². The molecular formula is C17H17NO5S. The van der Waals surface area contributed by atoms with Crippen LogP contribution in [0, 0.1) is 0 Å². The smallest absolute Gasteiger partial charge is 0.294 e. The van der Waals surface area contributed by atoms with Gasteiger partial charge in [0.05, 0.1) is 17.1 Å². The lowest BCUT2D eigenvalue weighted by Crippen LogP contribution is -2.27. The summed E-state index contributed by atoms with van der Waals surface area (Å²) in [4.78, 5) is 1.88. The maximum absolute atomic E-state index is 11.2. The molecule has 0 unspecified atom stereocenters. The van der Waals surface area contributed by atoms with Gasteiger partial charge >= 0.3 is 0 Å². The van der Waals surface area contributed by atoms with Gasteiger partial charge in [0.2, 0.25) is 0 Å². The lowest BCUT2D eigenvalue weighted by atomic mass is 10.0. The van der Waals surface area contributed by atoms with Crippen molar-refractivity contribution in [1.29, 1.82) is 0 Å². The minimum atomic E-state index is -4.23. The summed E-state index contributed by atoms with van der Waals surface area (Å²) in [6, 6.07) is 12.7. The first kappa shape index (κ1) is 16.4. The van der Waals surface area contributed by atoms with E-state index >= 15 is 0 Å². The van der Waals surface area contributed by atoms with Gasteiger partial charge in [0, 0.05) is 18.2 Å². The van der Waals surface area contributed by atoms with Crippen molar-refractivity contribution in [3.8, 4) is 5.75 Å². The van der Waals surface area contributed by atoms with Crippen LogP contribution in [-0.4, -0.2) is 43.2 Å². The Kier molecular flexibility index (Phi) is 4.21. The predicted octanol–water partition coefficient (Wildman–Crippen LogP) is 2.43. The number of hydrogen-bond donors (Lipinski definition) is 2. The standard InChI is InChI=1S/C17H17NO5S/c1-18-10-11-23-17(16(18)12-2-6-14(19)7-3-12)13-4-8-15(9-5-13)24(20,21)22/h2-9,19H,10-11H2,1H3,(H,20,21,22). The molecule has 0 spiro atoms. The molecule has 2 N–H and O–H groups in total. The average Bonchev–Trinajstić information content (AvgIpc) is 2.55. The molecule has 6 nitrogen and oxygen atoms in total. The Labute approximate surface area is 140 Å². The Morgan fingerprint density at radius 3 is 2.17 bits per heavy atom. The highest BCUT2D eigenvalue weighted by molar-refractivity contribution is 7.85. The lowest BCUT2D eigenvalue weighted by molar-refractivity contribution is 0.222. The van der Waals surface area contributed by atoms with Crippen LogP contribution in [0.1, 0.15) is 11.1 Å². The fourth-order valence-corrected chi connectivity index (χ4v) is 3.09. The minimum absolute atomic E-state index is 0.165. The van der Waals surface area contributed by atoms with E-state index in [4.69, 9.17) is 9.29 Å². The Balaban J connectivity index is 2.10. The van der Waals surface area contributed by atoms with Crippen LogP contribution in [0.25, 0.3) is 11.5 Å². The number of benzene rings is 2. The molecule has 0 aliphatic carbocycles. The monoisotopic (exact) mass is 347 g/mol. The van der Waals surface area contributed by atoms with Crippen LogP contribution in [0.5, 0.6) is 5.75 Å². The zero-order chi connectivity index (χ0) is 17.3. The van der Waals surface area contributed by atoms with Gasteiger partial charge in [-0.2, -0.15) is 8.42 Å². The maximum atomic E-state index is 11.2. The SMILES string of the molecule is CN1CCOC(c2ccc(S(=O)(=O)O)cc2)=C1c1ccc(O)cc1. The van der Waals surface area contributed by atoms with E-state index in [-0.39, 0.29) is 10.6 Å². The molecule has 0 saturated heterocycles. The zero-order valence-electron chi connectivity index (χ0n) is 13.0. The largest absolute Gasteiger partial charge is 0.508 e. The fourth-order valence-electron chi connectivity index (χ4n) is 2.61. The second-order valence-electron chi connectivity index (χ2n) is 5.49. The van der Waals surface area contributed by atoms with E-state index in [1.165, 1.54) is 12.1 Å². The van der Waals surface area contributed by atoms with Crippen molar-refractivity contribution in [2.75, 3.05) is 20.2 Å². The summed E-state index contributed by atoms with van der Waals surface area (Å²) in [5, 5.41) is 9.47. The number of rotatable bonds is 3. The van der Waals surface area contributed by atoms with E-state index in [0.717, 1.165) is 11.3 Å². The van der Waals surface area contributed by atoms with E-state index < -0.39 is 10.1 Å². The normalized spacial score (nSPS) is 15.3. The van der Waals surface area contributed by atoms with Crippen molar-refractivity contribution < 1.29 is 22.8 Å². The Morgan fingerprint density at radius 2 is 1.58 bits per heavy atom. The van der Waals surface area contributed by atoms with Crippen LogP contribution in [0.2, 0.25) is 0 Å². The number of nitrogens with zero attached hydrogens (tertiary/aromatic N) is 1. The molecule has 2 aromatic carbocycles. The molecule has 0 amide bonds. The number of phenols is 1. The second kappa shape index (κ2) is 6.18. The van der Waals surface area contributed by atoms with Crippen LogP contribution < -0.4 is 0 Å². The molecule has 1 heterocycles. The highest BCUT2D eigenvalue weighted by Crippen LogP contribution is 2.33. The van der Waals surface area contributed by atoms with Crippen LogP contribution in [0.4, 0.5) is 0 Å². The van der Waals surface area contributed by atoms with Crippen molar-refractivity contribution in [3.63, 3.8) is 0 Å². The lowest BCUT2D eigenvalue weighted by Gasteiger charge is -2.31. The van der Waals surface area contributed by atoms with Crippen LogP contribution in [0.15, 0.2) is 53.4 Å². The van der Waals surface area contributed by atoms with E-state index in [1.54, 1.807) is 36.4 Å². The summed E-state index contributed by atoms with van der Waals surface area (Å²) in [6.07, 6.45) is 0. The third-order valence-electron chi connectivity index (χ3n) is 3.82. The summed E-state index contributed by atoms with van der Waals surface area (Å²) in [5.74, 6) is 0.800. The van der Waals surface area contributed by atoms with Gasteiger partial charge in [-0.15, -0.1) is 0 Å². The van der Waals surface area contributed by atoms with Crippen LogP contribution >= 0.6 is 0 Å². The highest BCUT2D eigenvalue weighted by Gasteiger charge is 2.22. The molecule has 24 heavy (non-hydrogen) atoms. The van der Waals surface area contributed by atoms with E-state index in [2.05, 4.69) is 0 Å². The number of hydrogen-bond acceptors (Lipinski definition) is 5. The van der Waals surface area contributed by atoms with Crippen molar-refractivity contribution in [3.05, 3.63) is 59.7 Å². The molecular weight excluding hydrogens is 330 g/mol. The van der Waals surface area contributed by atoms with Gasteiger partial charge in [0.15, 0.2) is 5.76 Å². The molecule has 0 atom stereocenters. The third-order valence-corrected chi connectivity index (χ3v) is 4.69. The topological polar surface area (TPSA) is 87.1 Å². The van der Waals surface area contributed by atoms with E-state index in [0.29, 0.717) is 24.5 Å². The Morgan fingerprint density at radius 1 is 1.00 bits per heavy atom. The number of likely N-dealkylation sites (N-methyl/N-ethyl adjacent to an activating group) is 1. The Hall–Kier alpha value is -2.51. The molecule has 0 saturated carbocycles. The summed E-state index contributed by atoms with van der Waals surface area (Å²) in [6.45, 7) is 1.22. The molecule has 1 aliphatic rings. The first-order chi connectivity index (χ1) is 11.4. The van der Waals surface area contributed by atoms with Gasteiger partial charge in [0.1, 0.15) is 12.4 Å². The average molecular weight is 347 g/mol. The molecule has 0 radical (unpaired) electrons. The van der Waals surface area contributed by atoms with E-state index in [1.807, 2.05) is 11.9 Å². The van der Waals surface area contributed by atoms with Gasteiger partial charge in [0.25, 0.3) is 10.1 Å². The Bertz CT molecular complexity index is 870. The second-order valence-corrected chi connectivity index (χ2v) is 6.92. The van der Waals surface area contributed by atoms with Gasteiger partial charge in [-0.25, -0.2) is 0 Å².